The Kier molecular flexibility index (Phi) is 1.39. The molecule has 0 radical (unpaired) electrons. The molecule has 3 aliphatic rings. The largest absolute Gasteiger partial charge is 0.297 e. The quantitative estimate of drug-likeness (QED) is 0.576. The van der Waals surface area contributed by atoms with Gasteiger partial charge in [0.25, 0.3) is 0 Å². The summed E-state index contributed by atoms with van der Waals surface area (Å²) in [6.45, 7) is 5.28. The zero-order valence-electron chi connectivity index (χ0n) is 8.05. The Balaban J connectivity index is 1.82. The number of hydrogen-bond acceptors (Lipinski definition) is 1. The van der Waals surface area contributed by atoms with Crippen LogP contribution in [0.2, 0.25) is 0 Å². The highest BCUT2D eigenvalue weighted by Gasteiger charge is 2.66. The fourth-order valence-electron chi connectivity index (χ4n) is 4.04. The van der Waals surface area contributed by atoms with Crippen LogP contribution in [0.5, 0.6) is 0 Å². The fourth-order valence-corrected chi connectivity index (χ4v) is 4.04. The molecule has 0 bridgehead atoms. The molecule has 1 heteroatoms. The smallest absolute Gasteiger partial charge is 0.0269 e. The first-order valence-corrected chi connectivity index (χ1v) is 5.61. The Morgan fingerprint density at radius 3 is 2.50 bits per heavy atom. The van der Waals surface area contributed by atoms with Gasteiger partial charge in [-0.1, -0.05) is 13.3 Å². The lowest BCUT2D eigenvalue weighted by Gasteiger charge is -2.26. The van der Waals surface area contributed by atoms with Crippen LogP contribution in [0.25, 0.3) is 0 Å². The van der Waals surface area contributed by atoms with E-state index in [1.807, 2.05) is 0 Å². The summed E-state index contributed by atoms with van der Waals surface area (Å²) < 4.78 is 0. The summed E-state index contributed by atoms with van der Waals surface area (Å²) in [6.07, 6.45) is 7.46. The average molecular weight is 165 g/mol. The third kappa shape index (κ3) is 0.693. The van der Waals surface area contributed by atoms with Gasteiger partial charge in [-0.3, -0.25) is 4.90 Å². The Morgan fingerprint density at radius 2 is 1.92 bits per heavy atom. The van der Waals surface area contributed by atoms with Gasteiger partial charge in [-0.05, 0) is 50.6 Å². The van der Waals surface area contributed by atoms with Gasteiger partial charge in [-0.15, -0.1) is 0 Å². The van der Waals surface area contributed by atoms with Crippen molar-refractivity contribution in [1.82, 2.24) is 4.90 Å². The molecular weight excluding hydrogens is 146 g/mol. The topological polar surface area (TPSA) is 3.24 Å². The van der Waals surface area contributed by atoms with Crippen molar-refractivity contribution in [3.05, 3.63) is 0 Å². The van der Waals surface area contributed by atoms with Crippen molar-refractivity contribution in [2.75, 3.05) is 13.1 Å². The lowest BCUT2D eigenvalue weighted by molar-refractivity contribution is 0.198. The van der Waals surface area contributed by atoms with E-state index in [-0.39, 0.29) is 0 Å². The second-order valence-corrected chi connectivity index (χ2v) is 4.97. The molecule has 0 aromatic rings. The highest BCUT2D eigenvalue weighted by molar-refractivity contribution is 5.20. The van der Waals surface area contributed by atoms with Crippen molar-refractivity contribution in [3.63, 3.8) is 0 Å². The van der Waals surface area contributed by atoms with E-state index in [1.54, 1.807) is 0 Å². The van der Waals surface area contributed by atoms with Crippen LogP contribution in [0, 0.1) is 11.8 Å². The van der Waals surface area contributed by atoms with Gasteiger partial charge in [-0.2, -0.15) is 0 Å². The first-order chi connectivity index (χ1) is 5.86. The maximum Gasteiger partial charge on any atom is 0.0269 e. The molecule has 3 unspecified atom stereocenters. The molecule has 1 heterocycles. The monoisotopic (exact) mass is 165 g/mol. The van der Waals surface area contributed by atoms with Crippen molar-refractivity contribution < 1.29 is 0 Å². The normalized spacial score (nSPS) is 52.8. The SMILES string of the molecule is CC1C2CCCC12N1CCCC1. The zero-order chi connectivity index (χ0) is 8.18. The molecule has 0 amide bonds. The molecule has 2 aliphatic carbocycles. The third-order valence-corrected chi connectivity index (χ3v) is 4.71. The van der Waals surface area contributed by atoms with Gasteiger partial charge in [0.1, 0.15) is 0 Å². The predicted molar refractivity (Wildman–Crippen MR) is 50.0 cm³/mol. The molecular formula is C11H19N. The number of likely N-dealkylation sites (tertiary alicyclic amines) is 1. The van der Waals surface area contributed by atoms with E-state index < -0.39 is 0 Å². The Morgan fingerprint density at radius 1 is 1.17 bits per heavy atom. The van der Waals surface area contributed by atoms with Crippen LogP contribution >= 0.6 is 0 Å². The molecule has 2 saturated carbocycles. The van der Waals surface area contributed by atoms with E-state index in [4.69, 9.17) is 0 Å². The number of nitrogens with zero attached hydrogens (tertiary/aromatic N) is 1. The van der Waals surface area contributed by atoms with Crippen LogP contribution in [0.4, 0.5) is 0 Å². The predicted octanol–water partition coefficient (Wildman–Crippen LogP) is 2.27. The molecule has 3 fully saturated rings. The van der Waals surface area contributed by atoms with Gasteiger partial charge >= 0.3 is 0 Å². The number of rotatable bonds is 1. The summed E-state index contributed by atoms with van der Waals surface area (Å²) in [4.78, 5) is 2.81. The average Bonchev–Trinajstić information content (AvgIpc) is 2.62. The van der Waals surface area contributed by atoms with Crippen molar-refractivity contribution >= 4 is 0 Å². The van der Waals surface area contributed by atoms with Crippen LogP contribution < -0.4 is 0 Å². The minimum atomic E-state index is 0.733. The molecule has 68 valence electrons. The highest BCUT2D eigenvalue weighted by Crippen LogP contribution is 2.64. The Bertz CT molecular complexity index is 195. The van der Waals surface area contributed by atoms with Gasteiger partial charge in [0.2, 0.25) is 0 Å². The fraction of sp³-hybridized carbons (Fsp3) is 1.00. The summed E-state index contributed by atoms with van der Waals surface area (Å²) in [7, 11) is 0. The Labute approximate surface area is 75.1 Å². The van der Waals surface area contributed by atoms with Crippen molar-refractivity contribution in [2.45, 2.75) is 44.6 Å². The van der Waals surface area contributed by atoms with Gasteiger partial charge in [-0.25, -0.2) is 0 Å². The Hall–Kier alpha value is -0.0400. The van der Waals surface area contributed by atoms with E-state index >= 15 is 0 Å². The standard InChI is InChI=1S/C11H19N/c1-9-10-5-4-6-11(9,10)12-7-2-3-8-12/h9-10H,2-8H2,1H3. The van der Waals surface area contributed by atoms with Gasteiger partial charge in [0.15, 0.2) is 0 Å². The highest BCUT2D eigenvalue weighted by atomic mass is 15.3. The van der Waals surface area contributed by atoms with Gasteiger partial charge in [0, 0.05) is 5.54 Å². The molecule has 3 rings (SSSR count). The van der Waals surface area contributed by atoms with Crippen molar-refractivity contribution in [2.24, 2.45) is 11.8 Å². The summed E-state index contributed by atoms with van der Waals surface area (Å²) >= 11 is 0. The molecule has 0 spiro atoms. The van der Waals surface area contributed by atoms with E-state index in [2.05, 4.69) is 11.8 Å². The lowest BCUT2D eigenvalue weighted by atomic mass is 10.1. The second-order valence-electron chi connectivity index (χ2n) is 4.97. The maximum atomic E-state index is 2.81. The first-order valence-electron chi connectivity index (χ1n) is 5.61. The number of fused-ring (bicyclic) bond motifs is 1. The molecule has 1 aliphatic heterocycles. The van der Waals surface area contributed by atoms with Crippen LogP contribution in [-0.2, 0) is 0 Å². The molecule has 0 N–H and O–H groups in total. The molecule has 3 atom stereocenters. The van der Waals surface area contributed by atoms with Gasteiger partial charge in [0.05, 0.1) is 0 Å². The molecule has 1 nitrogen and oxygen atoms in total. The zero-order valence-corrected chi connectivity index (χ0v) is 8.05. The molecule has 0 aromatic carbocycles. The van der Waals surface area contributed by atoms with E-state index in [1.165, 1.54) is 45.2 Å². The first kappa shape index (κ1) is 7.37. The lowest BCUT2D eigenvalue weighted by Crippen LogP contribution is -2.36. The number of hydrogen-bond donors (Lipinski definition) is 0. The summed E-state index contributed by atoms with van der Waals surface area (Å²) in [5.41, 5.74) is 0.733. The summed E-state index contributed by atoms with van der Waals surface area (Å²) in [6, 6.07) is 0. The summed E-state index contributed by atoms with van der Waals surface area (Å²) in [5.74, 6) is 2.12. The molecule has 1 saturated heterocycles. The minimum absolute atomic E-state index is 0.733. The maximum absolute atomic E-state index is 2.81. The molecule has 0 aromatic heterocycles. The second kappa shape index (κ2) is 2.25. The van der Waals surface area contributed by atoms with E-state index in [0.29, 0.717) is 0 Å². The van der Waals surface area contributed by atoms with Crippen molar-refractivity contribution in [3.8, 4) is 0 Å². The van der Waals surface area contributed by atoms with Crippen LogP contribution in [-0.4, -0.2) is 23.5 Å². The van der Waals surface area contributed by atoms with Crippen LogP contribution in [0.15, 0.2) is 0 Å². The van der Waals surface area contributed by atoms with Crippen molar-refractivity contribution in [1.29, 1.82) is 0 Å². The third-order valence-electron chi connectivity index (χ3n) is 4.71. The van der Waals surface area contributed by atoms with Gasteiger partial charge < -0.3 is 0 Å². The van der Waals surface area contributed by atoms with Crippen LogP contribution in [0.3, 0.4) is 0 Å². The molecule has 12 heavy (non-hydrogen) atoms. The minimum Gasteiger partial charge on any atom is -0.297 e. The van der Waals surface area contributed by atoms with E-state index in [9.17, 15) is 0 Å². The summed E-state index contributed by atoms with van der Waals surface area (Å²) in [5, 5.41) is 0. The van der Waals surface area contributed by atoms with Crippen LogP contribution in [0.1, 0.15) is 39.0 Å². The van der Waals surface area contributed by atoms with E-state index in [0.717, 1.165) is 17.4 Å².